The second-order valence-electron chi connectivity index (χ2n) is 5.33. The zero-order chi connectivity index (χ0) is 17.8. The van der Waals surface area contributed by atoms with Crippen molar-refractivity contribution < 1.29 is 9.90 Å². The van der Waals surface area contributed by atoms with Crippen molar-refractivity contribution in [2.24, 2.45) is 0 Å². The Morgan fingerprint density at radius 1 is 0.920 bits per heavy atom. The van der Waals surface area contributed by atoms with E-state index < -0.39 is 5.97 Å². The highest BCUT2D eigenvalue weighted by atomic mass is 79.9. The molecule has 1 heterocycles. The molecule has 1 aromatic heterocycles. The Morgan fingerprint density at radius 2 is 1.40 bits per heavy atom. The number of aromatic nitrogens is 2. The Balaban J connectivity index is 1.79. The van der Waals surface area contributed by atoms with Crippen molar-refractivity contribution in [3.8, 4) is 0 Å². The minimum atomic E-state index is -0.953. The van der Waals surface area contributed by atoms with E-state index in [1.165, 1.54) is 0 Å². The third-order valence-corrected chi connectivity index (χ3v) is 3.89. The number of halogens is 1. The third-order valence-electron chi connectivity index (χ3n) is 3.36. The predicted octanol–water partition coefficient (Wildman–Crippen LogP) is 4.73. The van der Waals surface area contributed by atoms with Crippen LogP contribution in [-0.4, -0.2) is 21.0 Å². The van der Waals surface area contributed by atoms with Crippen LogP contribution in [0, 0.1) is 6.92 Å². The highest BCUT2D eigenvalue weighted by Gasteiger charge is 2.05. The fraction of sp³-hybridized carbons (Fsp3) is 0.0556. The Kier molecular flexibility index (Phi) is 4.95. The van der Waals surface area contributed by atoms with Gasteiger partial charge in [0.15, 0.2) is 0 Å². The van der Waals surface area contributed by atoms with E-state index in [1.54, 1.807) is 30.3 Å². The van der Waals surface area contributed by atoms with Crippen LogP contribution in [0.15, 0.2) is 59.1 Å². The molecule has 0 aliphatic carbocycles. The lowest BCUT2D eigenvalue weighted by atomic mass is 10.2. The number of carbonyl (C=O) groups is 1. The maximum atomic E-state index is 10.9. The highest BCUT2D eigenvalue weighted by Crippen LogP contribution is 2.22. The van der Waals surface area contributed by atoms with E-state index in [0.717, 1.165) is 15.8 Å². The van der Waals surface area contributed by atoms with Crippen molar-refractivity contribution in [1.82, 2.24) is 9.97 Å². The van der Waals surface area contributed by atoms with Gasteiger partial charge in [-0.05, 0) is 55.5 Å². The van der Waals surface area contributed by atoms with Crippen LogP contribution in [-0.2, 0) is 0 Å². The molecule has 0 unspecified atom stereocenters. The number of carboxylic acid groups (broad SMARTS) is 1. The first-order valence-electron chi connectivity index (χ1n) is 7.48. The number of aromatic carboxylic acids is 1. The Labute approximate surface area is 153 Å². The molecule has 6 nitrogen and oxygen atoms in total. The topological polar surface area (TPSA) is 87.1 Å². The smallest absolute Gasteiger partial charge is 0.335 e. The van der Waals surface area contributed by atoms with Gasteiger partial charge in [-0.25, -0.2) is 14.8 Å². The van der Waals surface area contributed by atoms with E-state index in [4.69, 9.17) is 5.11 Å². The molecule has 7 heteroatoms. The molecule has 3 N–H and O–H groups in total. The van der Waals surface area contributed by atoms with Crippen molar-refractivity contribution in [2.45, 2.75) is 6.92 Å². The molecule has 0 atom stereocenters. The summed E-state index contributed by atoms with van der Waals surface area (Å²) in [5.41, 5.74) is 1.90. The summed E-state index contributed by atoms with van der Waals surface area (Å²) in [4.78, 5) is 19.6. The summed E-state index contributed by atoms with van der Waals surface area (Å²) in [5, 5.41) is 15.3. The van der Waals surface area contributed by atoms with Crippen molar-refractivity contribution >= 4 is 44.9 Å². The number of carboxylic acids is 1. The molecule has 0 bridgehead atoms. The quantitative estimate of drug-likeness (QED) is 0.575. The van der Waals surface area contributed by atoms with E-state index in [-0.39, 0.29) is 5.56 Å². The SMILES string of the molecule is Cc1nc(Nc2ccc(Br)cc2)cc(Nc2ccc(C(=O)O)cc2)n1. The van der Waals surface area contributed by atoms with Crippen molar-refractivity contribution in [3.05, 3.63) is 70.5 Å². The largest absolute Gasteiger partial charge is 0.478 e. The minimum absolute atomic E-state index is 0.238. The van der Waals surface area contributed by atoms with Gasteiger partial charge in [-0.3, -0.25) is 0 Å². The first kappa shape index (κ1) is 16.9. The molecule has 0 spiro atoms. The number of nitrogens with zero attached hydrogens (tertiary/aromatic N) is 2. The van der Waals surface area contributed by atoms with Crippen LogP contribution >= 0.6 is 15.9 Å². The summed E-state index contributed by atoms with van der Waals surface area (Å²) < 4.78 is 1.00. The third kappa shape index (κ3) is 4.54. The van der Waals surface area contributed by atoms with Crippen LogP contribution in [0.1, 0.15) is 16.2 Å². The zero-order valence-corrected chi connectivity index (χ0v) is 14.9. The van der Waals surface area contributed by atoms with Gasteiger partial charge < -0.3 is 15.7 Å². The first-order chi connectivity index (χ1) is 12.0. The molecule has 0 saturated carbocycles. The summed E-state index contributed by atoms with van der Waals surface area (Å²) in [6, 6.07) is 16.0. The number of benzene rings is 2. The summed E-state index contributed by atoms with van der Waals surface area (Å²) in [7, 11) is 0. The van der Waals surface area contributed by atoms with Gasteiger partial charge >= 0.3 is 5.97 Å². The molecule has 0 aliphatic heterocycles. The molecule has 0 aliphatic rings. The average molecular weight is 399 g/mol. The van der Waals surface area contributed by atoms with E-state index in [0.29, 0.717) is 17.5 Å². The molecule has 0 radical (unpaired) electrons. The van der Waals surface area contributed by atoms with Crippen LogP contribution in [0.25, 0.3) is 0 Å². The van der Waals surface area contributed by atoms with Crippen LogP contribution in [0.5, 0.6) is 0 Å². The van der Waals surface area contributed by atoms with Gasteiger partial charge in [0.1, 0.15) is 17.5 Å². The molecule has 0 saturated heterocycles. The van der Waals surface area contributed by atoms with Crippen molar-refractivity contribution in [3.63, 3.8) is 0 Å². The van der Waals surface area contributed by atoms with Gasteiger partial charge in [-0.15, -0.1) is 0 Å². The van der Waals surface area contributed by atoms with Gasteiger partial charge in [-0.1, -0.05) is 15.9 Å². The van der Waals surface area contributed by atoms with Gasteiger partial charge in [0.25, 0.3) is 0 Å². The van der Waals surface area contributed by atoms with E-state index >= 15 is 0 Å². The lowest BCUT2D eigenvalue weighted by Gasteiger charge is -2.10. The van der Waals surface area contributed by atoms with Gasteiger partial charge in [0.05, 0.1) is 5.56 Å². The first-order valence-corrected chi connectivity index (χ1v) is 8.27. The fourth-order valence-electron chi connectivity index (χ4n) is 2.22. The van der Waals surface area contributed by atoms with Gasteiger partial charge in [0, 0.05) is 21.9 Å². The molecule has 3 rings (SSSR count). The molecule has 0 amide bonds. The van der Waals surface area contributed by atoms with E-state index in [2.05, 4.69) is 36.5 Å². The second kappa shape index (κ2) is 7.31. The standard InChI is InChI=1S/C18H15BrN4O2/c1-11-20-16(22-14-6-2-12(3-7-14)18(24)25)10-17(21-11)23-15-8-4-13(19)5-9-15/h2-10H,1H3,(H,24,25)(H2,20,21,22,23). The number of nitrogens with one attached hydrogen (secondary N) is 2. The number of anilines is 4. The van der Waals surface area contributed by atoms with Crippen LogP contribution in [0.4, 0.5) is 23.0 Å². The highest BCUT2D eigenvalue weighted by molar-refractivity contribution is 9.10. The maximum Gasteiger partial charge on any atom is 0.335 e. The van der Waals surface area contributed by atoms with Crippen LogP contribution in [0.3, 0.4) is 0 Å². The Bertz CT molecular complexity index is 896. The van der Waals surface area contributed by atoms with Gasteiger partial charge in [0.2, 0.25) is 0 Å². The Hall–Kier alpha value is -2.93. The number of aryl methyl sites for hydroxylation is 1. The summed E-state index contributed by atoms with van der Waals surface area (Å²) >= 11 is 3.40. The van der Waals surface area contributed by atoms with Crippen molar-refractivity contribution in [1.29, 1.82) is 0 Å². The van der Waals surface area contributed by atoms with Gasteiger partial charge in [-0.2, -0.15) is 0 Å². The average Bonchev–Trinajstić information content (AvgIpc) is 2.57. The fourth-order valence-corrected chi connectivity index (χ4v) is 2.49. The normalized spacial score (nSPS) is 10.3. The number of hydrogen-bond acceptors (Lipinski definition) is 5. The summed E-state index contributed by atoms with van der Waals surface area (Å²) in [6.07, 6.45) is 0. The molecule has 2 aromatic carbocycles. The number of rotatable bonds is 5. The van der Waals surface area contributed by atoms with Crippen LogP contribution < -0.4 is 10.6 Å². The molecule has 3 aromatic rings. The molecule has 126 valence electrons. The second-order valence-corrected chi connectivity index (χ2v) is 6.24. The predicted molar refractivity (Wildman–Crippen MR) is 101 cm³/mol. The monoisotopic (exact) mass is 398 g/mol. The summed E-state index contributed by atoms with van der Waals surface area (Å²) in [6.45, 7) is 1.81. The molecule has 25 heavy (non-hydrogen) atoms. The number of hydrogen-bond donors (Lipinski definition) is 3. The summed E-state index contributed by atoms with van der Waals surface area (Å²) in [5.74, 6) is 0.951. The van der Waals surface area contributed by atoms with E-state index in [1.807, 2.05) is 31.2 Å². The Morgan fingerprint density at radius 3 is 1.88 bits per heavy atom. The van der Waals surface area contributed by atoms with Crippen LogP contribution in [0.2, 0.25) is 0 Å². The lowest BCUT2D eigenvalue weighted by molar-refractivity contribution is 0.0697. The zero-order valence-electron chi connectivity index (χ0n) is 13.3. The molecular weight excluding hydrogens is 384 g/mol. The molecule has 0 fully saturated rings. The lowest BCUT2D eigenvalue weighted by Crippen LogP contribution is -2.02. The molecular formula is C18H15BrN4O2. The van der Waals surface area contributed by atoms with E-state index in [9.17, 15) is 4.79 Å². The van der Waals surface area contributed by atoms with Crippen molar-refractivity contribution in [2.75, 3.05) is 10.6 Å². The minimum Gasteiger partial charge on any atom is -0.478 e. The maximum absolute atomic E-state index is 10.9.